The summed E-state index contributed by atoms with van der Waals surface area (Å²) < 4.78 is 24.1. The molecule has 1 saturated heterocycles. The molecule has 0 aliphatic carbocycles. The number of piperidine rings is 1. The number of sulfone groups is 1. The van der Waals surface area contributed by atoms with Crippen LogP contribution in [0.3, 0.4) is 0 Å². The summed E-state index contributed by atoms with van der Waals surface area (Å²) in [4.78, 5) is 9.03. The first-order valence-corrected chi connectivity index (χ1v) is 10.6. The third-order valence-electron chi connectivity index (χ3n) is 4.25. The molecule has 7 heteroatoms. The van der Waals surface area contributed by atoms with Gasteiger partial charge in [-0.25, -0.2) is 18.4 Å². The lowest BCUT2D eigenvalue weighted by atomic mass is 9.91. The lowest BCUT2D eigenvalue weighted by Gasteiger charge is -2.24. The van der Waals surface area contributed by atoms with Crippen molar-refractivity contribution in [3.63, 3.8) is 0 Å². The Morgan fingerprint density at radius 1 is 1.38 bits per heavy atom. The monoisotopic (exact) mass is 354 g/mol. The van der Waals surface area contributed by atoms with Crippen molar-refractivity contribution in [2.24, 2.45) is 5.41 Å². The van der Waals surface area contributed by atoms with Crippen LogP contribution in [0, 0.1) is 5.41 Å². The highest BCUT2D eigenvalue weighted by molar-refractivity contribution is 7.90. The van der Waals surface area contributed by atoms with Gasteiger partial charge < -0.3 is 10.6 Å². The quantitative estimate of drug-likeness (QED) is 0.764. The number of nitrogens with zero attached hydrogens (tertiary/aromatic N) is 2. The summed E-state index contributed by atoms with van der Waals surface area (Å²) in [5.74, 6) is 0.651. The summed E-state index contributed by atoms with van der Waals surface area (Å²) >= 11 is 0. The molecule has 2 rings (SSSR count). The van der Waals surface area contributed by atoms with Crippen LogP contribution >= 0.6 is 0 Å². The first-order chi connectivity index (χ1) is 11.2. The van der Waals surface area contributed by atoms with Gasteiger partial charge in [-0.3, -0.25) is 0 Å². The van der Waals surface area contributed by atoms with Gasteiger partial charge in [0, 0.05) is 25.3 Å². The predicted octanol–water partition coefficient (Wildman–Crippen LogP) is 2.59. The molecule has 0 amide bonds. The van der Waals surface area contributed by atoms with E-state index in [4.69, 9.17) is 0 Å². The molecule has 1 fully saturated rings. The van der Waals surface area contributed by atoms with Gasteiger partial charge in [0.1, 0.15) is 4.90 Å². The molecule has 0 radical (unpaired) electrons. The van der Waals surface area contributed by atoms with Gasteiger partial charge in [0.05, 0.1) is 11.9 Å². The number of hydrogen-bond acceptors (Lipinski definition) is 6. The molecule has 1 aliphatic heterocycles. The molecule has 0 bridgehead atoms. The molecular weight excluding hydrogens is 324 g/mol. The van der Waals surface area contributed by atoms with E-state index in [1.807, 2.05) is 0 Å². The minimum absolute atomic E-state index is 0.126. The van der Waals surface area contributed by atoms with E-state index in [0.29, 0.717) is 17.1 Å². The van der Waals surface area contributed by atoms with Crippen molar-refractivity contribution in [1.82, 2.24) is 15.3 Å². The lowest BCUT2D eigenvalue weighted by molar-refractivity contribution is 0.370. The number of hydrogen-bond donors (Lipinski definition) is 2. The van der Waals surface area contributed by atoms with E-state index in [0.717, 1.165) is 45.3 Å². The predicted molar refractivity (Wildman–Crippen MR) is 97.2 cm³/mol. The Kier molecular flexibility index (Phi) is 6.20. The lowest BCUT2D eigenvalue weighted by Crippen LogP contribution is -2.30. The van der Waals surface area contributed by atoms with E-state index >= 15 is 0 Å². The van der Waals surface area contributed by atoms with Crippen LogP contribution < -0.4 is 10.6 Å². The first kappa shape index (κ1) is 19.1. The second-order valence-corrected chi connectivity index (χ2v) is 9.83. The van der Waals surface area contributed by atoms with Gasteiger partial charge in [-0.2, -0.15) is 0 Å². The molecule has 0 aromatic carbocycles. The van der Waals surface area contributed by atoms with E-state index in [-0.39, 0.29) is 10.8 Å². The number of nitrogens with one attached hydrogen (secondary N) is 2. The summed E-state index contributed by atoms with van der Waals surface area (Å²) in [5, 5.41) is 6.56. The Bertz CT molecular complexity index is 647. The Morgan fingerprint density at radius 2 is 2.12 bits per heavy atom. The highest BCUT2D eigenvalue weighted by Gasteiger charge is 2.25. The van der Waals surface area contributed by atoms with Crippen LogP contribution in [0.15, 0.2) is 11.1 Å². The minimum Gasteiger partial charge on any atom is -0.354 e. The van der Waals surface area contributed by atoms with Gasteiger partial charge in [-0.1, -0.05) is 20.8 Å². The summed E-state index contributed by atoms with van der Waals surface area (Å²) in [6.07, 6.45) is 6.81. The molecule has 0 saturated carbocycles. The Hall–Kier alpha value is -1.21. The maximum absolute atomic E-state index is 12.1. The number of anilines is 1. The van der Waals surface area contributed by atoms with Gasteiger partial charge in [-0.15, -0.1) is 0 Å². The normalized spacial score (nSPS) is 19.2. The molecule has 136 valence electrons. The average Bonchev–Trinajstić information content (AvgIpc) is 2.50. The zero-order valence-electron chi connectivity index (χ0n) is 15.2. The molecule has 1 atom stereocenters. The zero-order chi connectivity index (χ0) is 17.8. The second-order valence-electron chi connectivity index (χ2n) is 7.85. The summed E-state index contributed by atoms with van der Waals surface area (Å²) in [5.41, 5.74) is 0.958. The first-order valence-electron chi connectivity index (χ1n) is 8.68. The molecular formula is C17H30N4O2S. The van der Waals surface area contributed by atoms with Crippen molar-refractivity contribution in [2.75, 3.05) is 31.2 Å². The van der Waals surface area contributed by atoms with E-state index in [1.165, 1.54) is 12.5 Å². The van der Waals surface area contributed by atoms with Crippen LogP contribution in [-0.2, 0) is 9.84 Å². The SMILES string of the molecule is CC(C)(C)CCCNc1ncc(S(C)(=O)=O)c([C@@H]2CCCNC2)n1. The zero-order valence-corrected chi connectivity index (χ0v) is 16.0. The standard InChI is InChI=1S/C17H30N4O2S/c1-17(2,3)8-6-10-19-16-20-12-14(24(4,22)23)15(21-16)13-7-5-9-18-11-13/h12-13,18H,5-11H2,1-4H3,(H,19,20,21)/t13-/m1/s1. The van der Waals surface area contributed by atoms with Crippen LogP contribution in [-0.4, -0.2) is 44.3 Å². The van der Waals surface area contributed by atoms with E-state index in [1.54, 1.807) is 0 Å². The third kappa shape index (κ3) is 5.70. The fraction of sp³-hybridized carbons (Fsp3) is 0.765. The van der Waals surface area contributed by atoms with Crippen LogP contribution in [0.25, 0.3) is 0 Å². The van der Waals surface area contributed by atoms with Gasteiger partial charge in [0.15, 0.2) is 9.84 Å². The van der Waals surface area contributed by atoms with Crippen LogP contribution in [0.5, 0.6) is 0 Å². The molecule has 24 heavy (non-hydrogen) atoms. The van der Waals surface area contributed by atoms with Crippen molar-refractivity contribution in [3.8, 4) is 0 Å². The fourth-order valence-electron chi connectivity index (χ4n) is 2.95. The molecule has 6 nitrogen and oxygen atoms in total. The topological polar surface area (TPSA) is 84.0 Å². The van der Waals surface area contributed by atoms with Crippen molar-refractivity contribution in [3.05, 3.63) is 11.9 Å². The largest absolute Gasteiger partial charge is 0.354 e. The fourth-order valence-corrected chi connectivity index (χ4v) is 3.79. The third-order valence-corrected chi connectivity index (χ3v) is 5.37. The maximum atomic E-state index is 12.1. The highest BCUT2D eigenvalue weighted by atomic mass is 32.2. The highest BCUT2D eigenvalue weighted by Crippen LogP contribution is 2.28. The van der Waals surface area contributed by atoms with Crippen LogP contribution in [0.2, 0.25) is 0 Å². The Balaban J connectivity index is 2.13. The molecule has 1 aliphatic rings. The van der Waals surface area contributed by atoms with E-state index < -0.39 is 9.84 Å². The molecule has 2 N–H and O–H groups in total. The maximum Gasteiger partial charge on any atom is 0.222 e. The van der Waals surface area contributed by atoms with Crippen molar-refractivity contribution in [2.45, 2.75) is 57.3 Å². The number of rotatable bonds is 6. The van der Waals surface area contributed by atoms with Crippen molar-refractivity contribution in [1.29, 1.82) is 0 Å². The summed E-state index contributed by atoms with van der Waals surface area (Å²) in [6.45, 7) is 9.20. The summed E-state index contributed by atoms with van der Waals surface area (Å²) in [6, 6.07) is 0. The molecule has 1 aromatic heterocycles. The van der Waals surface area contributed by atoms with Crippen LogP contribution in [0.4, 0.5) is 5.95 Å². The number of aromatic nitrogens is 2. The van der Waals surface area contributed by atoms with Crippen LogP contribution in [0.1, 0.15) is 58.1 Å². The van der Waals surface area contributed by atoms with Crippen molar-refractivity contribution < 1.29 is 8.42 Å². The van der Waals surface area contributed by atoms with Gasteiger partial charge in [-0.05, 0) is 37.6 Å². The Labute approximate surface area is 145 Å². The summed E-state index contributed by atoms with van der Waals surface area (Å²) in [7, 11) is -3.32. The molecule has 2 heterocycles. The smallest absolute Gasteiger partial charge is 0.222 e. The second kappa shape index (κ2) is 7.78. The van der Waals surface area contributed by atoms with Crippen molar-refractivity contribution >= 4 is 15.8 Å². The van der Waals surface area contributed by atoms with Gasteiger partial charge >= 0.3 is 0 Å². The van der Waals surface area contributed by atoms with E-state index in [2.05, 4.69) is 41.4 Å². The molecule has 0 unspecified atom stereocenters. The minimum atomic E-state index is -3.32. The Morgan fingerprint density at radius 3 is 2.71 bits per heavy atom. The average molecular weight is 355 g/mol. The van der Waals surface area contributed by atoms with Gasteiger partial charge in [0.2, 0.25) is 5.95 Å². The molecule has 1 aromatic rings. The van der Waals surface area contributed by atoms with E-state index in [9.17, 15) is 8.42 Å². The molecule has 0 spiro atoms. The van der Waals surface area contributed by atoms with Gasteiger partial charge in [0.25, 0.3) is 0 Å².